The maximum atomic E-state index is 13.5. The Labute approximate surface area is 103 Å². The zero-order valence-electron chi connectivity index (χ0n) is 8.20. The molecule has 0 nitrogen and oxygen atoms in total. The zero-order valence-corrected chi connectivity index (χ0v) is 9.79. The number of rotatable bonds is 1. The molecule has 2 rings (SSSR count). The summed E-state index contributed by atoms with van der Waals surface area (Å²) in [6, 6.07) is 5.59. The first-order valence-corrected chi connectivity index (χ1v) is 5.30. The fourth-order valence-corrected chi connectivity index (χ4v) is 1.84. The summed E-state index contributed by atoms with van der Waals surface area (Å²) < 4.78 is 53.3. The molecule has 0 aliphatic heterocycles. The summed E-state index contributed by atoms with van der Waals surface area (Å²) >= 11 is 2.91. The molecule has 0 bridgehead atoms. The van der Waals surface area contributed by atoms with E-state index in [0.29, 0.717) is 0 Å². The highest BCUT2D eigenvalue weighted by Crippen LogP contribution is 2.30. The van der Waals surface area contributed by atoms with E-state index in [2.05, 4.69) is 15.9 Å². The highest BCUT2D eigenvalue weighted by Gasteiger charge is 2.16. The standard InChI is InChI=1S/C12H4BrF4/c13-6-3-10(16)12(11(17)4-6)8-2-1-7(14)5-9(8)15/h1-4H. The van der Waals surface area contributed by atoms with Crippen LogP contribution in [0.4, 0.5) is 17.6 Å². The maximum absolute atomic E-state index is 13.5. The van der Waals surface area contributed by atoms with Gasteiger partial charge in [0.15, 0.2) is 0 Å². The van der Waals surface area contributed by atoms with Gasteiger partial charge in [0, 0.05) is 10.0 Å². The van der Waals surface area contributed by atoms with Gasteiger partial charge in [-0.1, -0.05) is 15.9 Å². The first-order valence-electron chi connectivity index (χ1n) is 4.51. The quantitative estimate of drug-likeness (QED) is 0.682. The van der Waals surface area contributed by atoms with Crippen LogP contribution in [0.25, 0.3) is 11.1 Å². The van der Waals surface area contributed by atoms with Gasteiger partial charge in [0.25, 0.3) is 0 Å². The van der Waals surface area contributed by atoms with Gasteiger partial charge in [0.2, 0.25) is 0 Å². The van der Waals surface area contributed by atoms with Crippen LogP contribution in [0.2, 0.25) is 0 Å². The topological polar surface area (TPSA) is 0 Å². The third-order valence-corrected chi connectivity index (χ3v) is 2.60. The highest BCUT2D eigenvalue weighted by atomic mass is 79.9. The molecule has 0 amide bonds. The van der Waals surface area contributed by atoms with Crippen molar-refractivity contribution in [1.29, 1.82) is 0 Å². The van der Waals surface area contributed by atoms with Crippen molar-refractivity contribution in [2.75, 3.05) is 0 Å². The van der Waals surface area contributed by atoms with Crippen molar-refractivity contribution in [1.82, 2.24) is 0 Å². The highest BCUT2D eigenvalue weighted by molar-refractivity contribution is 9.10. The Morgan fingerprint density at radius 1 is 0.941 bits per heavy atom. The van der Waals surface area contributed by atoms with Crippen LogP contribution in [0.3, 0.4) is 0 Å². The Bertz CT molecular complexity index is 558. The predicted octanol–water partition coefficient (Wildman–Crippen LogP) is 4.47. The zero-order chi connectivity index (χ0) is 12.6. The Morgan fingerprint density at radius 3 is 2.06 bits per heavy atom. The minimum absolute atomic E-state index is 0.197. The van der Waals surface area contributed by atoms with Gasteiger partial charge in [-0.05, 0) is 24.3 Å². The lowest BCUT2D eigenvalue weighted by atomic mass is 10.0. The fraction of sp³-hybridized carbons (Fsp3) is 0. The molecular weight excluding hydrogens is 300 g/mol. The fourth-order valence-electron chi connectivity index (χ4n) is 1.44. The molecule has 0 atom stereocenters. The summed E-state index contributed by atoms with van der Waals surface area (Å²) in [5.41, 5.74) is -0.907. The van der Waals surface area contributed by atoms with Crippen LogP contribution in [0.15, 0.2) is 28.7 Å². The Balaban J connectivity index is 2.68. The van der Waals surface area contributed by atoms with E-state index in [4.69, 9.17) is 0 Å². The lowest BCUT2D eigenvalue weighted by Crippen LogP contribution is -1.94. The van der Waals surface area contributed by atoms with Crippen LogP contribution in [-0.2, 0) is 0 Å². The second-order valence-electron chi connectivity index (χ2n) is 3.28. The van der Waals surface area contributed by atoms with Crippen molar-refractivity contribution in [2.45, 2.75) is 0 Å². The van der Waals surface area contributed by atoms with E-state index < -0.39 is 28.8 Å². The SMILES string of the molecule is Fc1[c]c(F)c(-c2c(F)cc(Br)cc2F)cc1. The molecule has 0 unspecified atom stereocenters. The molecule has 0 fully saturated rings. The molecule has 0 heterocycles. The second kappa shape index (κ2) is 4.49. The maximum Gasteiger partial charge on any atom is 0.142 e. The summed E-state index contributed by atoms with van der Waals surface area (Å²) in [7, 11) is 0. The van der Waals surface area contributed by atoms with Gasteiger partial charge in [-0.25, -0.2) is 17.6 Å². The number of halogens is 5. The normalized spacial score (nSPS) is 10.6. The molecule has 1 radical (unpaired) electrons. The first-order chi connectivity index (χ1) is 7.99. The van der Waals surface area contributed by atoms with Crippen molar-refractivity contribution < 1.29 is 17.6 Å². The molecule has 5 heteroatoms. The van der Waals surface area contributed by atoms with Crippen LogP contribution in [0, 0.1) is 29.3 Å². The molecule has 0 aliphatic rings. The molecule has 0 spiro atoms. The molecule has 0 saturated carbocycles. The Morgan fingerprint density at radius 2 is 1.53 bits per heavy atom. The number of hydrogen-bond acceptors (Lipinski definition) is 0. The monoisotopic (exact) mass is 303 g/mol. The molecule has 17 heavy (non-hydrogen) atoms. The molecule has 0 saturated heterocycles. The van der Waals surface area contributed by atoms with Crippen LogP contribution in [0.5, 0.6) is 0 Å². The van der Waals surface area contributed by atoms with E-state index in [0.717, 1.165) is 24.3 Å². The van der Waals surface area contributed by atoms with Crippen LogP contribution in [0.1, 0.15) is 0 Å². The first kappa shape index (κ1) is 12.1. The second-order valence-corrected chi connectivity index (χ2v) is 4.19. The van der Waals surface area contributed by atoms with Crippen LogP contribution in [-0.4, -0.2) is 0 Å². The van der Waals surface area contributed by atoms with Crippen molar-refractivity contribution in [3.63, 3.8) is 0 Å². The van der Waals surface area contributed by atoms with Crippen LogP contribution >= 0.6 is 15.9 Å². The lowest BCUT2D eigenvalue weighted by molar-refractivity contribution is 0.568. The Kier molecular flexibility index (Phi) is 3.19. The average Bonchev–Trinajstić information content (AvgIpc) is 2.19. The summed E-state index contributed by atoms with van der Waals surface area (Å²) in [6.45, 7) is 0. The van der Waals surface area contributed by atoms with E-state index in [1.165, 1.54) is 0 Å². The summed E-state index contributed by atoms with van der Waals surface area (Å²) in [6.07, 6.45) is 0. The van der Waals surface area contributed by atoms with Gasteiger partial charge in [-0.2, -0.15) is 0 Å². The minimum atomic E-state index is -1.13. The van der Waals surface area contributed by atoms with Crippen molar-refractivity contribution in [3.8, 4) is 11.1 Å². The summed E-state index contributed by atoms with van der Waals surface area (Å²) in [5, 5.41) is 0. The van der Waals surface area contributed by atoms with Gasteiger partial charge in [0.05, 0.1) is 11.6 Å². The summed E-state index contributed by atoms with van der Waals surface area (Å²) in [5.74, 6) is -3.93. The largest absolute Gasteiger partial charge is 0.206 e. The van der Waals surface area contributed by atoms with Gasteiger partial charge >= 0.3 is 0 Å². The van der Waals surface area contributed by atoms with E-state index in [-0.39, 0.29) is 10.0 Å². The Hall–Kier alpha value is -1.36. The summed E-state index contributed by atoms with van der Waals surface area (Å²) in [4.78, 5) is 0. The van der Waals surface area contributed by atoms with E-state index in [1.807, 2.05) is 0 Å². The van der Waals surface area contributed by atoms with Crippen molar-refractivity contribution in [2.24, 2.45) is 0 Å². The van der Waals surface area contributed by atoms with Gasteiger partial charge in [-0.15, -0.1) is 0 Å². The molecule has 87 valence electrons. The molecular formula is C12H4BrF4. The molecule has 2 aromatic rings. The smallest absolute Gasteiger partial charge is 0.142 e. The molecule has 0 aliphatic carbocycles. The number of benzene rings is 2. The lowest BCUT2D eigenvalue weighted by Gasteiger charge is -2.07. The predicted molar refractivity (Wildman–Crippen MR) is 58.2 cm³/mol. The van der Waals surface area contributed by atoms with E-state index in [1.54, 1.807) is 6.07 Å². The van der Waals surface area contributed by atoms with E-state index in [9.17, 15) is 17.6 Å². The molecule has 0 N–H and O–H groups in total. The molecule has 0 aromatic heterocycles. The van der Waals surface area contributed by atoms with Crippen LogP contribution < -0.4 is 0 Å². The van der Waals surface area contributed by atoms with Crippen molar-refractivity contribution in [3.05, 3.63) is 58.1 Å². The van der Waals surface area contributed by atoms with Gasteiger partial charge in [0.1, 0.15) is 23.3 Å². The van der Waals surface area contributed by atoms with E-state index >= 15 is 0 Å². The van der Waals surface area contributed by atoms with Gasteiger partial charge in [-0.3, -0.25) is 0 Å². The third kappa shape index (κ3) is 2.34. The van der Waals surface area contributed by atoms with Gasteiger partial charge < -0.3 is 0 Å². The molecule has 2 aromatic carbocycles. The third-order valence-electron chi connectivity index (χ3n) is 2.14. The van der Waals surface area contributed by atoms with Crippen molar-refractivity contribution >= 4 is 15.9 Å². The number of hydrogen-bond donors (Lipinski definition) is 0. The minimum Gasteiger partial charge on any atom is -0.206 e. The average molecular weight is 304 g/mol.